The molecule has 15 heterocycles. The Bertz CT molecular complexity index is 7640. The molecule has 0 bridgehead atoms. The minimum atomic E-state index is 0.909. The minimum Gasteiger partial charge on any atom is -0.309 e. The van der Waals surface area contributed by atoms with Gasteiger partial charge in [-0.25, -0.2) is 4.98 Å². The van der Waals surface area contributed by atoms with Gasteiger partial charge in [-0.1, -0.05) is 218 Å². The standard InChI is InChI=1S/5C26H18N2/c1-3-9-20-16(6-1)13-22-21(20)15-19-12-18-8-5-11-27-26(18)28-24-10-4-2-7-17(24)14-23(22)25(19)28;1-3-8-19-16(6-1)13-21-20(19)14-18-12-17-7-2-4-9-24(17)28-25-10-5-11-27-23(25)15-22(21)26(18)28;1-3-8-19-16(6-1)12-21-20(19)14-18-15-23-25(10-5-11-27-23)28-24-9-4-2-7-17(24)13-22(21)26(18)28;1-3-7-20-16(5-1)12-22-21(20)14-18-11-19-15-27-10-9-25(19)28-24-8-4-2-6-17(24)13-23(22)26(18)28;1-3-7-20-16(5-1)12-22-21(20)14-19-11-18-9-10-27-15-25(18)28-24-8-4-2-6-17(24)13-23(22)26(19)28/h1-11,15H,12-14H2;2*1-11,14H,12-13,15H2;2*1-10,14-15H,11-13H2. The molecule has 140 heavy (non-hydrogen) atoms. The van der Waals surface area contributed by atoms with Crippen LogP contribution in [0.5, 0.6) is 0 Å². The third-order valence-electron chi connectivity index (χ3n) is 32.9. The molecule has 5 aliphatic carbocycles. The molecule has 20 aromatic rings. The highest BCUT2D eigenvalue weighted by atomic mass is 15.2. The topological polar surface area (TPSA) is 80.7 Å². The molecule has 660 valence electrons. The zero-order valence-corrected chi connectivity index (χ0v) is 77.2. The van der Waals surface area contributed by atoms with Gasteiger partial charge in [-0.05, 0) is 347 Å². The van der Waals surface area contributed by atoms with Gasteiger partial charge >= 0.3 is 0 Å². The second kappa shape index (κ2) is 30.3. The van der Waals surface area contributed by atoms with Crippen LogP contribution in [-0.2, 0) is 96.3 Å². The predicted octanol–water partition coefficient (Wildman–Crippen LogP) is 29.7. The zero-order chi connectivity index (χ0) is 91.2. The predicted molar refractivity (Wildman–Crippen MR) is 564 cm³/mol. The van der Waals surface area contributed by atoms with Crippen molar-refractivity contribution in [3.63, 3.8) is 0 Å². The summed E-state index contributed by atoms with van der Waals surface area (Å²) in [7, 11) is 0. The van der Waals surface area contributed by atoms with Crippen molar-refractivity contribution in [2.24, 2.45) is 0 Å². The normalized spacial score (nSPS) is 14.6. The van der Waals surface area contributed by atoms with Crippen LogP contribution in [0.4, 0.5) is 85.4 Å². The van der Waals surface area contributed by atoms with Crippen LogP contribution in [0.15, 0.2) is 365 Å². The van der Waals surface area contributed by atoms with Gasteiger partial charge in [0.05, 0.1) is 74.5 Å². The lowest BCUT2D eigenvalue weighted by molar-refractivity contribution is 0.956. The van der Waals surface area contributed by atoms with Gasteiger partial charge in [-0.2, -0.15) is 0 Å². The Labute approximate surface area is 813 Å². The number of anilines is 15. The van der Waals surface area contributed by atoms with Crippen LogP contribution in [0.2, 0.25) is 0 Å². The van der Waals surface area contributed by atoms with Gasteiger partial charge in [0, 0.05) is 124 Å². The molecule has 15 aromatic carbocycles. The summed E-state index contributed by atoms with van der Waals surface area (Å²) < 4.78 is 0. The first kappa shape index (κ1) is 78.3. The molecule has 0 saturated heterocycles. The monoisotopic (exact) mass is 1790 g/mol. The first-order valence-electron chi connectivity index (χ1n) is 49.8. The number of benzene rings is 15. The van der Waals surface area contributed by atoms with Crippen LogP contribution < -0.4 is 24.5 Å². The van der Waals surface area contributed by atoms with Crippen LogP contribution >= 0.6 is 0 Å². The Morgan fingerprint density at radius 2 is 0.407 bits per heavy atom. The van der Waals surface area contributed by atoms with Gasteiger partial charge in [0.15, 0.2) is 0 Å². The van der Waals surface area contributed by atoms with Crippen molar-refractivity contribution in [2.75, 3.05) is 24.5 Å². The van der Waals surface area contributed by atoms with Gasteiger partial charge in [0.2, 0.25) is 0 Å². The van der Waals surface area contributed by atoms with Crippen LogP contribution in [-0.4, -0.2) is 24.9 Å². The first-order chi connectivity index (χ1) is 69.4. The number of hydrogen-bond donors (Lipinski definition) is 0. The maximum absolute atomic E-state index is 4.80. The van der Waals surface area contributed by atoms with Gasteiger partial charge in [-0.15, -0.1) is 0 Å². The highest BCUT2D eigenvalue weighted by Crippen LogP contribution is 2.62. The number of para-hydroxylation sites is 5. The SMILES string of the molecule is c1ccc2c(c1)Cc1c-2cc2c3c1Cc1ccccc1N3c1cccnc1C2.c1ccc2c(c1)Cc1c-2cc2c3c1Cc1ccccc1N3c1ccncc1C2.c1ccc2c(c1)Cc1c-2cc2c3c1Cc1ccccc1N3c1cnccc1C2.c1ccc2c(c1)Cc1c-2cc2c3c1Cc1ccccc1N3c1ncccc1C2.c1ccc2c(c1)Cc1c-2cc2c3c1Cc1ncccc1N3c1ccccc1C2. The number of fused-ring (bicyclic) bond motifs is 40. The van der Waals surface area contributed by atoms with E-state index >= 15 is 0 Å². The number of nitrogens with zero attached hydrogens (tertiary/aromatic N) is 10. The summed E-state index contributed by atoms with van der Waals surface area (Å²) in [6, 6.07) is 118. The van der Waals surface area contributed by atoms with Crippen LogP contribution in [0.3, 0.4) is 0 Å². The molecule has 0 N–H and O–H groups in total. The van der Waals surface area contributed by atoms with Crippen molar-refractivity contribution in [1.82, 2.24) is 24.9 Å². The smallest absolute Gasteiger partial charge is 0.141 e. The Morgan fingerprint density at radius 1 is 0.150 bits per heavy atom. The van der Waals surface area contributed by atoms with Gasteiger partial charge in [0.25, 0.3) is 0 Å². The van der Waals surface area contributed by atoms with Crippen molar-refractivity contribution in [2.45, 2.75) is 96.3 Å². The number of rotatable bonds is 0. The lowest BCUT2D eigenvalue weighted by Crippen LogP contribution is -2.26. The molecule has 0 saturated carbocycles. The molecule has 35 rings (SSSR count). The molecule has 0 spiro atoms. The van der Waals surface area contributed by atoms with Crippen LogP contribution in [0, 0.1) is 0 Å². The van der Waals surface area contributed by atoms with E-state index in [-0.39, 0.29) is 0 Å². The first-order valence-corrected chi connectivity index (χ1v) is 49.8. The van der Waals surface area contributed by atoms with Crippen LogP contribution in [0.1, 0.15) is 167 Å². The molecule has 10 nitrogen and oxygen atoms in total. The van der Waals surface area contributed by atoms with E-state index < -0.39 is 0 Å². The fourth-order valence-electron chi connectivity index (χ4n) is 27.0. The average molecular weight is 1790 g/mol. The van der Waals surface area contributed by atoms with E-state index in [4.69, 9.17) is 15.0 Å². The van der Waals surface area contributed by atoms with E-state index in [0.717, 1.165) is 102 Å². The number of pyridine rings is 5. The summed E-state index contributed by atoms with van der Waals surface area (Å²) >= 11 is 0. The highest BCUT2D eigenvalue weighted by molar-refractivity contribution is 6.01. The van der Waals surface area contributed by atoms with E-state index in [1.807, 2.05) is 43.4 Å². The molecule has 0 unspecified atom stereocenters. The number of aromatic nitrogens is 5. The molecule has 15 aliphatic rings. The van der Waals surface area contributed by atoms with E-state index in [2.05, 4.69) is 356 Å². The summed E-state index contributed by atoms with van der Waals surface area (Å²) in [4.78, 5) is 35.5. The molecule has 0 radical (unpaired) electrons. The third-order valence-corrected chi connectivity index (χ3v) is 32.9. The van der Waals surface area contributed by atoms with Gasteiger partial charge in [0.1, 0.15) is 5.82 Å². The van der Waals surface area contributed by atoms with Crippen molar-refractivity contribution in [3.05, 3.63) is 532 Å². The summed E-state index contributed by atoms with van der Waals surface area (Å²) in [5.41, 5.74) is 75.7. The molecule has 0 fully saturated rings. The van der Waals surface area contributed by atoms with E-state index in [0.29, 0.717) is 0 Å². The summed E-state index contributed by atoms with van der Waals surface area (Å²) in [6.45, 7) is 0. The molecule has 0 atom stereocenters. The summed E-state index contributed by atoms with van der Waals surface area (Å²) in [5.74, 6) is 1.10. The Balaban J connectivity index is 0.0000000806. The highest BCUT2D eigenvalue weighted by Gasteiger charge is 2.44. The second-order valence-corrected chi connectivity index (χ2v) is 40.1. The fourth-order valence-corrected chi connectivity index (χ4v) is 27.0. The maximum atomic E-state index is 4.80. The Kier molecular flexibility index (Phi) is 16.9. The van der Waals surface area contributed by atoms with E-state index in [1.54, 1.807) is 0 Å². The zero-order valence-electron chi connectivity index (χ0n) is 77.2. The third kappa shape index (κ3) is 11.6. The minimum absolute atomic E-state index is 0.909. The summed E-state index contributed by atoms with van der Waals surface area (Å²) in [5, 5.41) is 0. The van der Waals surface area contributed by atoms with E-state index in [1.165, 1.54) is 302 Å². The largest absolute Gasteiger partial charge is 0.309 e. The molecular weight excluding hydrogens is 1700 g/mol. The van der Waals surface area contributed by atoms with Crippen molar-refractivity contribution in [3.8, 4) is 55.6 Å². The Morgan fingerprint density at radius 3 is 0.821 bits per heavy atom. The van der Waals surface area contributed by atoms with Gasteiger partial charge in [-0.3, -0.25) is 24.8 Å². The number of hydrogen-bond acceptors (Lipinski definition) is 10. The summed E-state index contributed by atoms with van der Waals surface area (Å²) in [6.07, 6.45) is 28.7. The quantitative estimate of drug-likeness (QED) is 0.146. The Hall–Kier alpha value is -17.0. The van der Waals surface area contributed by atoms with Crippen molar-refractivity contribution in [1.29, 1.82) is 0 Å². The maximum Gasteiger partial charge on any atom is 0.141 e. The van der Waals surface area contributed by atoms with Gasteiger partial charge < -0.3 is 19.6 Å². The molecule has 10 heteroatoms. The fraction of sp³-hybridized carbons (Fsp3) is 0.115. The van der Waals surface area contributed by atoms with E-state index in [9.17, 15) is 0 Å². The van der Waals surface area contributed by atoms with Crippen LogP contribution in [0.25, 0.3) is 55.6 Å². The lowest BCUT2D eigenvalue weighted by Gasteiger charge is -2.40. The second-order valence-electron chi connectivity index (χ2n) is 40.1. The van der Waals surface area contributed by atoms with Crippen molar-refractivity contribution >= 4 is 85.4 Å². The molecule has 5 aromatic heterocycles. The molecule has 10 aliphatic heterocycles. The molecular formula is C130H90N10. The van der Waals surface area contributed by atoms with Crippen molar-refractivity contribution < 1.29 is 0 Å². The average Bonchev–Trinajstić information content (AvgIpc) is 1.41. The lowest BCUT2D eigenvalue weighted by atomic mass is 9.83. The molecule has 0 amide bonds.